The van der Waals surface area contributed by atoms with Crippen molar-refractivity contribution in [2.75, 3.05) is 20.7 Å². The van der Waals surface area contributed by atoms with E-state index in [-0.39, 0.29) is 5.75 Å². The summed E-state index contributed by atoms with van der Waals surface area (Å²) in [5.41, 5.74) is 7.00. The van der Waals surface area contributed by atoms with Gasteiger partial charge in [-0.2, -0.15) is 18.1 Å². The summed E-state index contributed by atoms with van der Waals surface area (Å²) < 4.78 is 37.2. The summed E-state index contributed by atoms with van der Waals surface area (Å²) in [6.45, 7) is 2.21. The van der Waals surface area contributed by atoms with Gasteiger partial charge in [0.05, 0.1) is 7.11 Å². The second-order valence-electron chi connectivity index (χ2n) is 7.73. The number of nitrogens with zero attached hydrogens (tertiary/aromatic N) is 1. The van der Waals surface area contributed by atoms with Crippen molar-refractivity contribution in [3.8, 4) is 28.4 Å². The maximum atomic E-state index is 10.6. The molecule has 1 aliphatic carbocycles. The molecule has 2 aliphatic heterocycles. The first-order valence-corrected chi connectivity index (χ1v) is 9.47. The minimum atomic E-state index is -5.08. The predicted octanol–water partition coefficient (Wildman–Crippen LogP) is 3.61. The molecule has 2 heterocycles. The van der Waals surface area contributed by atoms with Crippen LogP contribution in [0, 0.1) is 0 Å². The Bertz CT molecular complexity index is 1050. The number of methoxy groups -OCH3 is 1. The highest BCUT2D eigenvalue weighted by molar-refractivity contribution is 5.80. The van der Waals surface area contributed by atoms with Crippen LogP contribution in [-0.4, -0.2) is 48.0 Å². The molecule has 0 fully saturated rings. The van der Waals surface area contributed by atoms with Gasteiger partial charge >= 0.3 is 12.1 Å². The van der Waals surface area contributed by atoms with Crippen LogP contribution in [0.15, 0.2) is 18.2 Å². The molecular formula is C21H20F3NO6. The van der Waals surface area contributed by atoms with Gasteiger partial charge in [-0.3, -0.25) is 0 Å². The maximum absolute atomic E-state index is 10.6. The highest BCUT2D eigenvalue weighted by Crippen LogP contribution is 2.51. The van der Waals surface area contributed by atoms with E-state index in [9.17, 15) is 18.3 Å². The smallest absolute Gasteiger partial charge is 0.490 e. The maximum Gasteiger partial charge on any atom is 0.490 e. The molecule has 0 radical (unpaired) electrons. The van der Waals surface area contributed by atoms with Crippen molar-refractivity contribution in [3.63, 3.8) is 0 Å². The van der Waals surface area contributed by atoms with Crippen LogP contribution in [0.5, 0.6) is 17.2 Å². The van der Waals surface area contributed by atoms with E-state index in [1.54, 1.807) is 7.11 Å². The van der Waals surface area contributed by atoms with E-state index in [1.807, 2.05) is 6.07 Å². The quantitative estimate of drug-likeness (QED) is 0.657. The van der Waals surface area contributed by atoms with Gasteiger partial charge in [-0.25, -0.2) is 4.79 Å². The summed E-state index contributed by atoms with van der Waals surface area (Å²) in [7, 11) is 3.70. The molecule has 10 heteroatoms. The van der Waals surface area contributed by atoms with Gasteiger partial charge in [0, 0.05) is 30.1 Å². The number of benzene rings is 2. The van der Waals surface area contributed by atoms with Gasteiger partial charge in [-0.15, -0.1) is 0 Å². The van der Waals surface area contributed by atoms with Gasteiger partial charge in [0.1, 0.15) is 6.61 Å². The topological polar surface area (TPSA) is 88.5 Å². The molecule has 7 nitrogen and oxygen atoms in total. The summed E-state index contributed by atoms with van der Waals surface area (Å²) in [6, 6.07) is 6.25. The van der Waals surface area contributed by atoms with Gasteiger partial charge in [0.2, 0.25) is 0 Å². The average molecular weight is 439 g/mol. The van der Waals surface area contributed by atoms with Crippen LogP contribution in [0.2, 0.25) is 0 Å². The number of carbonyl (C=O) groups is 1. The number of ether oxygens (including phenoxy) is 1. The number of rotatable bonds is 1. The van der Waals surface area contributed by atoms with E-state index in [1.165, 1.54) is 22.3 Å². The van der Waals surface area contributed by atoms with E-state index < -0.39 is 12.1 Å². The molecule has 2 N–H and O–H groups in total. The lowest BCUT2D eigenvalue weighted by molar-refractivity contribution is -0.194. The van der Waals surface area contributed by atoms with Crippen LogP contribution in [0.25, 0.3) is 11.1 Å². The van der Waals surface area contributed by atoms with Crippen molar-refractivity contribution in [2.45, 2.75) is 31.7 Å². The Balaban J connectivity index is 0.000000289. The van der Waals surface area contributed by atoms with Crippen molar-refractivity contribution in [1.29, 1.82) is 0 Å². The molecule has 0 saturated heterocycles. The van der Waals surface area contributed by atoms with Gasteiger partial charge in [-0.1, -0.05) is 0 Å². The highest BCUT2D eigenvalue weighted by Gasteiger charge is 2.38. The number of hydrogen-bond acceptors (Lipinski definition) is 6. The zero-order valence-electron chi connectivity index (χ0n) is 16.7. The van der Waals surface area contributed by atoms with Crippen molar-refractivity contribution >= 4 is 5.97 Å². The van der Waals surface area contributed by atoms with Gasteiger partial charge in [-0.05, 0) is 53.9 Å². The fourth-order valence-electron chi connectivity index (χ4n) is 4.39. The fraction of sp³-hybridized carbons (Fsp3) is 0.381. The standard InChI is InChI=1S/C19H19NO4.C2HF3O2/c1-20-7-11-3-10-5-16-12(9-23-24-16)4-13(10)14-6-17(22-2)19(21)15(8-20)18(11)14;3-2(4,5)1(6)7/h4-6,11,21H,3,7-9H2,1-2H3;(H,6,7). The van der Waals surface area contributed by atoms with Crippen LogP contribution in [0.4, 0.5) is 13.2 Å². The summed E-state index contributed by atoms with van der Waals surface area (Å²) in [5.74, 6) is -0.735. The van der Waals surface area contributed by atoms with Crippen LogP contribution in [-0.2, 0) is 29.3 Å². The highest BCUT2D eigenvalue weighted by atomic mass is 19.4. The lowest BCUT2D eigenvalue weighted by Gasteiger charge is -2.38. The Morgan fingerprint density at radius 3 is 2.58 bits per heavy atom. The van der Waals surface area contributed by atoms with Crippen LogP contribution >= 0.6 is 0 Å². The van der Waals surface area contributed by atoms with E-state index in [4.69, 9.17) is 24.4 Å². The Morgan fingerprint density at radius 1 is 1.23 bits per heavy atom. The fourth-order valence-corrected chi connectivity index (χ4v) is 4.39. The lowest BCUT2D eigenvalue weighted by Crippen LogP contribution is -2.33. The number of phenols is 1. The van der Waals surface area contributed by atoms with Crippen LogP contribution in [0.3, 0.4) is 0 Å². The molecule has 31 heavy (non-hydrogen) atoms. The van der Waals surface area contributed by atoms with Crippen LogP contribution < -0.4 is 9.62 Å². The Kier molecular flexibility index (Phi) is 5.22. The molecule has 1 atom stereocenters. The number of aromatic hydroxyl groups is 1. The van der Waals surface area contributed by atoms with Gasteiger partial charge < -0.3 is 24.7 Å². The van der Waals surface area contributed by atoms with Crippen molar-refractivity contribution in [1.82, 2.24) is 4.90 Å². The van der Waals surface area contributed by atoms with E-state index in [0.717, 1.165) is 36.4 Å². The summed E-state index contributed by atoms with van der Waals surface area (Å²) in [5, 5.41) is 17.8. The largest absolute Gasteiger partial charge is 0.504 e. The zero-order chi connectivity index (χ0) is 22.5. The Labute approximate surface area is 175 Å². The number of fused-ring (bicyclic) bond motifs is 3. The molecular weight excluding hydrogens is 419 g/mol. The average Bonchev–Trinajstić information content (AvgIpc) is 3.15. The molecule has 0 aromatic heterocycles. The third-order valence-electron chi connectivity index (χ3n) is 5.65. The number of likely N-dealkylation sites (N-methyl/N-ethyl adjacent to an activating group) is 1. The summed E-state index contributed by atoms with van der Waals surface area (Å²) in [6.07, 6.45) is -4.14. The Morgan fingerprint density at radius 2 is 1.94 bits per heavy atom. The molecule has 3 aliphatic rings. The minimum Gasteiger partial charge on any atom is -0.504 e. The van der Waals surface area contributed by atoms with E-state index in [0.29, 0.717) is 18.3 Å². The van der Waals surface area contributed by atoms with Crippen molar-refractivity contribution in [3.05, 3.63) is 40.5 Å². The zero-order valence-corrected chi connectivity index (χ0v) is 16.7. The van der Waals surface area contributed by atoms with E-state index in [2.05, 4.69) is 24.1 Å². The van der Waals surface area contributed by atoms with Crippen molar-refractivity contribution in [2.24, 2.45) is 0 Å². The molecule has 0 bridgehead atoms. The molecule has 5 rings (SSSR count). The van der Waals surface area contributed by atoms with E-state index >= 15 is 0 Å². The second-order valence-corrected chi connectivity index (χ2v) is 7.73. The molecule has 166 valence electrons. The first-order valence-electron chi connectivity index (χ1n) is 9.47. The third-order valence-corrected chi connectivity index (χ3v) is 5.65. The number of halogens is 3. The van der Waals surface area contributed by atoms with Gasteiger partial charge in [0.25, 0.3) is 0 Å². The number of carboxylic acids is 1. The predicted molar refractivity (Wildman–Crippen MR) is 102 cm³/mol. The summed E-state index contributed by atoms with van der Waals surface area (Å²) >= 11 is 0. The third kappa shape index (κ3) is 3.77. The van der Waals surface area contributed by atoms with Gasteiger partial charge in [0.15, 0.2) is 17.2 Å². The number of hydrogen-bond donors (Lipinski definition) is 2. The number of alkyl halides is 3. The van der Waals surface area contributed by atoms with Crippen molar-refractivity contribution < 1.29 is 42.7 Å². The number of phenolic OH excluding ortho intramolecular Hbond substituents is 1. The molecule has 1 unspecified atom stereocenters. The Hall–Kier alpha value is -2.98. The molecule has 0 saturated carbocycles. The SMILES string of the molecule is COc1cc2c3c(c1O)CN(C)CC3Cc1cc3c(cc1-2)COO3.O=C(O)C(F)(F)F. The first kappa shape index (κ1) is 21.3. The molecule has 2 aromatic carbocycles. The number of aliphatic carboxylic acids is 1. The minimum absolute atomic E-state index is 0.282. The summed E-state index contributed by atoms with van der Waals surface area (Å²) in [4.78, 5) is 21.5. The lowest BCUT2D eigenvalue weighted by atomic mass is 9.74. The monoisotopic (exact) mass is 439 g/mol. The van der Waals surface area contributed by atoms with Crippen LogP contribution in [0.1, 0.15) is 28.2 Å². The molecule has 0 amide bonds. The second kappa shape index (κ2) is 7.61. The number of carboxylic acid groups (broad SMARTS) is 1. The normalized spacial score (nSPS) is 18.7. The molecule has 2 aromatic rings. The first-order chi connectivity index (χ1) is 14.6. The molecule has 0 spiro atoms.